The number of para-hydroxylation sites is 1. The second-order valence-electron chi connectivity index (χ2n) is 13.4. The summed E-state index contributed by atoms with van der Waals surface area (Å²) in [6, 6.07) is 9.81. The highest BCUT2D eigenvalue weighted by Gasteiger charge is 2.51. The molecule has 10 rings (SSSR count). The monoisotopic (exact) mass is 616 g/mol. The average molecular weight is 617 g/mol. The number of anilines is 2. The lowest BCUT2D eigenvalue weighted by molar-refractivity contribution is -0.0638. The van der Waals surface area contributed by atoms with E-state index in [-0.39, 0.29) is 5.56 Å². The summed E-state index contributed by atoms with van der Waals surface area (Å²) in [5.74, 6) is 2.03. The van der Waals surface area contributed by atoms with Crippen molar-refractivity contribution >= 4 is 44.2 Å². The van der Waals surface area contributed by atoms with E-state index in [0.717, 1.165) is 51.3 Å². The second-order valence-corrected chi connectivity index (χ2v) is 14.4. The number of benzene rings is 1. The maximum atomic E-state index is 12.7. The number of thiazole rings is 1. The Morgan fingerprint density at radius 3 is 2.42 bits per heavy atom. The number of hydrogen-bond donors (Lipinski definition) is 2. The molecule has 0 unspecified atom stereocenters. The topological polar surface area (TPSA) is 123 Å². The van der Waals surface area contributed by atoms with E-state index in [1.54, 1.807) is 23.0 Å². The van der Waals surface area contributed by atoms with Gasteiger partial charge >= 0.3 is 5.97 Å². The first-order valence-corrected chi connectivity index (χ1v) is 16.4. The molecule has 4 aliphatic carbocycles. The maximum absolute atomic E-state index is 12.7. The largest absolute Gasteiger partial charge is 0.478 e. The van der Waals surface area contributed by atoms with Crippen molar-refractivity contribution in [2.45, 2.75) is 52.0 Å². The van der Waals surface area contributed by atoms with E-state index < -0.39 is 5.97 Å². The van der Waals surface area contributed by atoms with Crippen LogP contribution in [0.4, 0.5) is 11.1 Å². The number of pyridine rings is 1. The van der Waals surface area contributed by atoms with Crippen molar-refractivity contribution < 1.29 is 9.90 Å². The summed E-state index contributed by atoms with van der Waals surface area (Å²) in [5.41, 5.74) is 5.71. The van der Waals surface area contributed by atoms with Crippen LogP contribution in [-0.4, -0.2) is 45.2 Å². The third-order valence-corrected chi connectivity index (χ3v) is 11.3. The molecule has 1 aromatic carbocycles. The molecule has 6 aromatic rings. The fourth-order valence-electron chi connectivity index (χ4n) is 8.92. The maximum Gasteiger partial charge on any atom is 0.340 e. The number of fused-ring (bicyclic) bond motifs is 2. The molecular weight excluding hydrogens is 584 g/mol. The van der Waals surface area contributed by atoms with E-state index in [9.17, 15) is 9.90 Å². The number of aromatic nitrogens is 7. The minimum absolute atomic E-state index is 0.163. The highest BCUT2D eigenvalue weighted by molar-refractivity contribution is 7.22. The fraction of sp³-hybridized carbons (Fsp3) is 0.353. The number of carbonyl (C=O) groups is 1. The van der Waals surface area contributed by atoms with Crippen LogP contribution in [0.3, 0.4) is 0 Å². The minimum atomic E-state index is -1.02. The van der Waals surface area contributed by atoms with Crippen LogP contribution >= 0.6 is 11.3 Å². The summed E-state index contributed by atoms with van der Waals surface area (Å²) in [7, 11) is 0. The van der Waals surface area contributed by atoms with Crippen molar-refractivity contribution in [2.24, 2.45) is 23.2 Å². The van der Waals surface area contributed by atoms with Gasteiger partial charge in [-0.2, -0.15) is 5.10 Å². The first-order chi connectivity index (χ1) is 21.9. The van der Waals surface area contributed by atoms with Gasteiger partial charge in [-0.25, -0.2) is 24.7 Å². The van der Waals surface area contributed by atoms with E-state index >= 15 is 0 Å². The molecule has 2 N–H and O–H groups in total. The SMILES string of the molecule is Cc1c(-c2ccn3c(-c4cnc(Nc5nc6ccccc6s5)nc4)cnc3c2C(=O)O)cnn1CC12CC3CC(CC(C3)C1)C2. The number of nitrogens with one attached hydrogen (secondary N) is 1. The molecule has 0 aliphatic heterocycles. The van der Waals surface area contributed by atoms with E-state index in [4.69, 9.17) is 5.10 Å². The number of carboxylic acid groups (broad SMARTS) is 1. The Labute approximate surface area is 263 Å². The van der Waals surface area contributed by atoms with Gasteiger partial charge < -0.3 is 10.4 Å². The molecule has 0 atom stereocenters. The summed E-state index contributed by atoms with van der Waals surface area (Å²) in [6.07, 6.45) is 17.0. The number of carboxylic acids is 1. The Bertz CT molecular complexity index is 2040. The molecule has 4 saturated carbocycles. The second kappa shape index (κ2) is 9.93. The molecule has 10 nitrogen and oxygen atoms in total. The van der Waals surface area contributed by atoms with Crippen molar-refractivity contribution in [1.29, 1.82) is 0 Å². The highest BCUT2D eigenvalue weighted by Crippen LogP contribution is 2.60. The molecule has 4 bridgehead atoms. The number of imidazole rings is 1. The van der Waals surface area contributed by atoms with Crippen molar-refractivity contribution in [1.82, 2.24) is 34.1 Å². The predicted molar refractivity (Wildman–Crippen MR) is 173 cm³/mol. The number of rotatable bonds is 7. The van der Waals surface area contributed by atoms with Gasteiger partial charge in [0, 0.05) is 47.5 Å². The van der Waals surface area contributed by atoms with E-state index in [2.05, 4.69) is 36.9 Å². The first kappa shape index (κ1) is 26.7. The first-order valence-electron chi connectivity index (χ1n) is 15.6. The molecule has 0 saturated heterocycles. The lowest BCUT2D eigenvalue weighted by Gasteiger charge is -2.56. The Morgan fingerprint density at radius 1 is 0.978 bits per heavy atom. The quantitative estimate of drug-likeness (QED) is 0.193. The highest BCUT2D eigenvalue weighted by atomic mass is 32.1. The van der Waals surface area contributed by atoms with Crippen LogP contribution in [0, 0.1) is 30.1 Å². The third-order valence-electron chi connectivity index (χ3n) is 10.4. The van der Waals surface area contributed by atoms with Gasteiger partial charge in [0.05, 0.1) is 28.3 Å². The molecule has 0 radical (unpaired) electrons. The smallest absolute Gasteiger partial charge is 0.340 e. The summed E-state index contributed by atoms with van der Waals surface area (Å²) < 4.78 is 5.01. The Kier molecular flexibility index (Phi) is 5.90. The van der Waals surface area contributed by atoms with Crippen LogP contribution in [-0.2, 0) is 6.54 Å². The fourth-order valence-corrected chi connectivity index (χ4v) is 9.78. The van der Waals surface area contributed by atoms with E-state index in [1.165, 1.54) is 49.9 Å². The van der Waals surface area contributed by atoms with Crippen LogP contribution < -0.4 is 5.32 Å². The number of hydrogen-bond acceptors (Lipinski definition) is 8. The molecule has 0 spiro atoms. The number of nitrogens with zero attached hydrogens (tertiary/aromatic N) is 7. The molecule has 45 heavy (non-hydrogen) atoms. The van der Waals surface area contributed by atoms with Gasteiger partial charge in [-0.1, -0.05) is 23.5 Å². The van der Waals surface area contributed by atoms with Crippen LogP contribution in [0.2, 0.25) is 0 Å². The predicted octanol–water partition coefficient (Wildman–Crippen LogP) is 7.23. The van der Waals surface area contributed by atoms with Crippen molar-refractivity contribution in [3.8, 4) is 22.4 Å². The van der Waals surface area contributed by atoms with Gasteiger partial charge in [0.1, 0.15) is 5.56 Å². The molecule has 5 aromatic heterocycles. The van der Waals surface area contributed by atoms with E-state index in [1.807, 2.05) is 42.7 Å². The van der Waals surface area contributed by atoms with Gasteiger partial charge in [-0.05, 0) is 86.8 Å². The minimum Gasteiger partial charge on any atom is -0.478 e. The van der Waals surface area contributed by atoms with Gasteiger partial charge in [-0.3, -0.25) is 9.08 Å². The lowest BCUT2D eigenvalue weighted by atomic mass is 9.49. The van der Waals surface area contributed by atoms with Crippen LogP contribution in [0.1, 0.15) is 54.6 Å². The normalized spacial score (nSPS) is 23.7. The lowest BCUT2D eigenvalue weighted by Crippen LogP contribution is -2.48. The molecular formula is C34H32N8O2S. The molecule has 11 heteroatoms. The zero-order valence-corrected chi connectivity index (χ0v) is 25.7. The molecule has 4 fully saturated rings. The van der Waals surface area contributed by atoms with Gasteiger partial charge in [0.25, 0.3) is 0 Å². The summed E-state index contributed by atoms with van der Waals surface area (Å²) >= 11 is 1.54. The van der Waals surface area contributed by atoms with Crippen molar-refractivity contribution in [3.05, 3.63) is 72.6 Å². The van der Waals surface area contributed by atoms with Crippen LogP contribution in [0.15, 0.2) is 61.3 Å². The van der Waals surface area contributed by atoms with Gasteiger partial charge in [0.2, 0.25) is 5.95 Å². The average Bonchev–Trinajstić information content (AvgIpc) is 3.73. The molecule has 4 aliphatic rings. The number of aromatic carboxylic acids is 1. The Morgan fingerprint density at radius 2 is 1.71 bits per heavy atom. The summed E-state index contributed by atoms with van der Waals surface area (Å²) in [4.78, 5) is 30.9. The molecule has 0 amide bonds. The van der Waals surface area contributed by atoms with Crippen LogP contribution in [0.5, 0.6) is 0 Å². The molecule has 5 heterocycles. The van der Waals surface area contributed by atoms with Crippen LogP contribution in [0.25, 0.3) is 38.2 Å². The van der Waals surface area contributed by atoms with Gasteiger partial charge in [0.15, 0.2) is 10.8 Å². The zero-order chi connectivity index (χ0) is 30.3. The summed E-state index contributed by atoms with van der Waals surface area (Å²) in [6.45, 7) is 2.99. The van der Waals surface area contributed by atoms with E-state index in [0.29, 0.717) is 33.4 Å². The van der Waals surface area contributed by atoms with Gasteiger partial charge in [-0.15, -0.1) is 0 Å². The third kappa shape index (κ3) is 4.43. The Hall–Kier alpha value is -4.64. The standard InChI is InChI=1S/C34H32N8O2S/c1-19-25(16-38-42(19)18-34-11-20-8-21(12-34)10-22(9-20)13-34)24-6-7-41-27(17-35-30(41)29(24)31(43)44)23-14-36-32(37-15-23)40-33-39-26-4-2-3-5-28(26)45-33/h2-7,14-17,20-22H,8-13,18H2,1H3,(H,43,44)(H,36,37,39,40). The Balaban J connectivity index is 1.01. The summed E-state index contributed by atoms with van der Waals surface area (Å²) in [5, 5.41) is 19.1. The zero-order valence-electron chi connectivity index (χ0n) is 24.8. The van der Waals surface area contributed by atoms with Crippen molar-refractivity contribution in [2.75, 3.05) is 5.32 Å². The molecule has 226 valence electrons. The van der Waals surface area contributed by atoms with Crippen molar-refractivity contribution in [3.63, 3.8) is 0 Å².